The van der Waals surface area contributed by atoms with Crippen LogP contribution in [-0.2, 0) is 0 Å². The van der Waals surface area contributed by atoms with E-state index < -0.39 is 0 Å². The highest BCUT2D eigenvalue weighted by atomic mass is 35.5. The molecule has 0 amide bonds. The van der Waals surface area contributed by atoms with Crippen LogP contribution in [0.3, 0.4) is 0 Å². The molecule has 0 radical (unpaired) electrons. The number of benzene rings is 1. The lowest BCUT2D eigenvalue weighted by Crippen LogP contribution is -2.41. The molecule has 0 bridgehead atoms. The molecule has 1 aromatic carbocycles. The van der Waals surface area contributed by atoms with E-state index in [4.69, 9.17) is 17.3 Å². The van der Waals surface area contributed by atoms with E-state index in [0.717, 1.165) is 5.02 Å². The van der Waals surface area contributed by atoms with E-state index in [1.54, 1.807) is 0 Å². The second kappa shape index (κ2) is 7.13. The number of hydrogen-bond acceptors (Lipinski definition) is 2. The first kappa shape index (κ1) is 15.5. The van der Waals surface area contributed by atoms with E-state index in [1.165, 1.54) is 18.4 Å². The molecule has 3 atom stereocenters. The van der Waals surface area contributed by atoms with Crippen LogP contribution in [0, 0.1) is 0 Å². The molecule has 0 aliphatic heterocycles. The first-order valence-electron chi connectivity index (χ1n) is 6.70. The predicted molar refractivity (Wildman–Crippen MR) is 80.0 cm³/mol. The molecule has 0 aromatic heterocycles. The van der Waals surface area contributed by atoms with Crippen LogP contribution in [0.5, 0.6) is 0 Å². The summed E-state index contributed by atoms with van der Waals surface area (Å²) in [6.45, 7) is 6.52. The first-order chi connectivity index (χ1) is 8.47. The average Bonchev–Trinajstić information content (AvgIpc) is 2.29. The Kier molecular flexibility index (Phi) is 6.13. The van der Waals surface area contributed by atoms with Gasteiger partial charge in [-0.2, -0.15) is 0 Å². The lowest BCUT2D eigenvalue weighted by atomic mass is 9.97. The molecular weight excluding hydrogens is 244 g/mol. The molecule has 2 N–H and O–H groups in total. The minimum atomic E-state index is 0.0766. The van der Waals surface area contributed by atoms with Crippen molar-refractivity contribution < 1.29 is 0 Å². The van der Waals surface area contributed by atoms with Crippen LogP contribution in [0.1, 0.15) is 45.2 Å². The molecule has 3 heteroatoms. The molecule has 1 aromatic rings. The summed E-state index contributed by atoms with van der Waals surface area (Å²) in [5.74, 6) is 0. The number of nitrogens with two attached hydrogens (primary N) is 1. The molecule has 3 unspecified atom stereocenters. The average molecular weight is 269 g/mol. The molecule has 1 rings (SSSR count). The lowest BCUT2D eigenvalue weighted by molar-refractivity contribution is 0.157. The molecular formula is C15H25ClN2. The van der Waals surface area contributed by atoms with Gasteiger partial charge in [-0.1, -0.05) is 37.1 Å². The summed E-state index contributed by atoms with van der Waals surface area (Å²) in [5, 5.41) is 0.773. The van der Waals surface area contributed by atoms with Crippen LogP contribution in [0.4, 0.5) is 0 Å². The maximum absolute atomic E-state index is 6.17. The van der Waals surface area contributed by atoms with Gasteiger partial charge in [0.1, 0.15) is 0 Å². The van der Waals surface area contributed by atoms with Crippen molar-refractivity contribution in [2.75, 3.05) is 7.05 Å². The Hall–Kier alpha value is -0.570. The maximum Gasteiger partial charge on any atom is 0.0496 e. The van der Waals surface area contributed by atoms with Gasteiger partial charge in [-0.05, 0) is 45.0 Å². The van der Waals surface area contributed by atoms with E-state index >= 15 is 0 Å². The third-order valence-electron chi connectivity index (χ3n) is 3.53. The normalized spacial score (nSPS) is 16.6. The van der Waals surface area contributed by atoms with Crippen LogP contribution < -0.4 is 5.73 Å². The summed E-state index contributed by atoms with van der Waals surface area (Å²) in [5.41, 5.74) is 7.37. The van der Waals surface area contributed by atoms with Gasteiger partial charge in [-0.3, -0.25) is 4.90 Å². The van der Waals surface area contributed by atoms with Gasteiger partial charge in [0.2, 0.25) is 0 Å². The lowest BCUT2D eigenvalue weighted by Gasteiger charge is -2.36. The first-order valence-corrected chi connectivity index (χ1v) is 7.08. The van der Waals surface area contributed by atoms with Crippen molar-refractivity contribution in [3.8, 4) is 0 Å². The summed E-state index contributed by atoms with van der Waals surface area (Å²) in [6.07, 6.45) is 2.37. The van der Waals surface area contributed by atoms with Gasteiger partial charge in [-0.25, -0.2) is 0 Å². The summed E-state index contributed by atoms with van der Waals surface area (Å²) in [4.78, 5) is 2.36. The number of nitrogens with zero attached hydrogens (tertiary/aromatic N) is 1. The second-order valence-electron chi connectivity index (χ2n) is 5.16. The third-order valence-corrected chi connectivity index (χ3v) is 3.76. The van der Waals surface area contributed by atoms with Crippen molar-refractivity contribution in [3.05, 3.63) is 34.9 Å². The van der Waals surface area contributed by atoms with Gasteiger partial charge in [-0.15, -0.1) is 0 Å². The highest BCUT2D eigenvalue weighted by Gasteiger charge is 2.24. The fourth-order valence-electron chi connectivity index (χ4n) is 2.50. The SMILES string of the molecule is CCCC(C)N(C)C(c1cccc(Cl)c1)C(C)N. The molecule has 0 aliphatic rings. The van der Waals surface area contributed by atoms with E-state index in [0.29, 0.717) is 6.04 Å². The Bertz CT molecular complexity index is 365. The fraction of sp³-hybridized carbons (Fsp3) is 0.600. The maximum atomic E-state index is 6.17. The predicted octanol–water partition coefficient (Wildman–Crippen LogP) is 3.85. The minimum Gasteiger partial charge on any atom is -0.326 e. The van der Waals surface area contributed by atoms with E-state index in [1.807, 2.05) is 18.2 Å². The summed E-state index contributed by atoms with van der Waals surface area (Å²) in [6, 6.07) is 8.83. The molecule has 18 heavy (non-hydrogen) atoms. The van der Waals surface area contributed by atoms with E-state index in [2.05, 4.69) is 38.8 Å². The summed E-state index contributed by atoms with van der Waals surface area (Å²) >= 11 is 6.08. The summed E-state index contributed by atoms with van der Waals surface area (Å²) in [7, 11) is 2.15. The van der Waals surface area contributed by atoms with Crippen LogP contribution in [0.15, 0.2) is 24.3 Å². The van der Waals surface area contributed by atoms with Crippen molar-refractivity contribution in [2.45, 2.75) is 51.7 Å². The Morgan fingerprint density at radius 1 is 1.33 bits per heavy atom. The van der Waals surface area contributed by atoms with Crippen molar-refractivity contribution in [1.82, 2.24) is 4.90 Å². The van der Waals surface area contributed by atoms with Gasteiger partial charge in [0.15, 0.2) is 0 Å². The highest BCUT2D eigenvalue weighted by Crippen LogP contribution is 2.27. The Labute approximate surface area is 116 Å². The Balaban J connectivity index is 2.95. The largest absolute Gasteiger partial charge is 0.326 e. The number of halogens is 1. The molecule has 0 heterocycles. The van der Waals surface area contributed by atoms with Gasteiger partial charge in [0.05, 0.1) is 0 Å². The summed E-state index contributed by atoms with van der Waals surface area (Å²) < 4.78 is 0. The van der Waals surface area contributed by atoms with Crippen molar-refractivity contribution in [3.63, 3.8) is 0 Å². The monoisotopic (exact) mass is 268 g/mol. The standard InChI is InChI=1S/C15H25ClN2/c1-5-7-11(2)18(4)15(12(3)17)13-8-6-9-14(16)10-13/h6,8-12,15H,5,7,17H2,1-4H3. The zero-order chi connectivity index (χ0) is 13.7. The van der Waals surface area contributed by atoms with Crippen molar-refractivity contribution in [1.29, 1.82) is 0 Å². The van der Waals surface area contributed by atoms with Gasteiger partial charge < -0.3 is 5.73 Å². The molecule has 0 saturated carbocycles. The van der Waals surface area contributed by atoms with Crippen LogP contribution in [-0.4, -0.2) is 24.0 Å². The topological polar surface area (TPSA) is 29.3 Å². The highest BCUT2D eigenvalue weighted by molar-refractivity contribution is 6.30. The molecule has 2 nitrogen and oxygen atoms in total. The Morgan fingerprint density at radius 2 is 2.00 bits per heavy atom. The second-order valence-corrected chi connectivity index (χ2v) is 5.60. The molecule has 0 saturated heterocycles. The quantitative estimate of drug-likeness (QED) is 0.849. The molecule has 0 spiro atoms. The molecule has 0 aliphatic carbocycles. The van der Waals surface area contributed by atoms with Crippen LogP contribution >= 0.6 is 11.6 Å². The molecule has 102 valence electrons. The number of hydrogen-bond donors (Lipinski definition) is 1. The smallest absolute Gasteiger partial charge is 0.0496 e. The van der Waals surface area contributed by atoms with Crippen molar-refractivity contribution in [2.24, 2.45) is 5.73 Å². The van der Waals surface area contributed by atoms with Crippen LogP contribution in [0.2, 0.25) is 5.02 Å². The number of likely N-dealkylation sites (N-methyl/N-ethyl adjacent to an activating group) is 1. The zero-order valence-electron chi connectivity index (χ0n) is 11.9. The number of rotatable bonds is 6. The van der Waals surface area contributed by atoms with Crippen LogP contribution in [0.25, 0.3) is 0 Å². The Morgan fingerprint density at radius 3 is 2.50 bits per heavy atom. The van der Waals surface area contributed by atoms with Gasteiger partial charge in [0, 0.05) is 23.1 Å². The third kappa shape index (κ3) is 3.98. The van der Waals surface area contributed by atoms with E-state index in [9.17, 15) is 0 Å². The van der Waals surface area contributed by atoms with Gasteiger partial charge >= 0.3 is 0 Å². The molecule has 0 fully saturated rings. The van der Waals surface area contributed by atoms with Crippen molar-refractivity contribution >= 4 is 11.6 Å². The zero-order valence-corrected chi connectivity index (χ0v) is 12.6. The van der Waals surface area contributed by atoms with E-state index in [-0.39, 0.29) is 12.1 Å². The van der Waals surface area contributed by atoms with Gasteiger partial charge in [0.25, 0.3) is 0 Å². The minimum absolute atomic E-state index is 0.0766. The fourth-order valence-corrected chi connectivity index (χ4v) is 2.69.